The Labute approximate surface area is 253 Å². The van der Waals surface area contributed by atoms with E-state index in [1.807, 2.05) is 61.5 Å². The second-order valence-electron chi connectivity index (χ2n) is 11.8. The molecule has 0 aromatic heterocycles. The standard InChI is InChI=1S/C33H45N5O5/c1-22-11-13-23(14-12-22)15-20-30(40)36-27-10-6-5-9-25-16-18-28(38(25)33(27)43)32(42)37-26(17-19-29(34)39)31(41)35-21-24-7-3-2-4-8-24/h2-4,7-8,11-14,25-28,32,37,42H,5-6,9-10,15-21H2,1H3,(H2,34,39)(H,35,41)(H,36,40). The largest absolute Gasteiger partial charge is 0.376 e. The zero-order chi connectivity index (χ0) is 30.8. The number of nitrogens with zero attached hydrogens (tertiary/aromatic N) is 1. The number of nitrogens with two attached hydrogens (primary N) is 1. The summed E-state index contributed by atoms with van der Waals surface area (Å²) in [5.74, 6) is -1.28. The summed E-state index contributed by atoms with van der Waals surface area (Å²) in [6, 6.07) is 15.3. The maximum atomic E-state index is 13.9. The van der Waals surface area contributed by atoms with Crippen molar-refractivity contribution in [3.8, 4) is 0 Å². The molecule has 4 rings (SSSR count). The smallest absolute Gasteiger partial charge is 0.245 e. The van der Waals surface area contributed by atoms with Crippen LogP contribution in [0.4, 0.5) is 0 Å². The summed E-state index contributed by atoms with van der Waals surface area (Å²) in [5, 5.41) is 20.2. The highest BCUT2D eigenvalue weighted by atomic mass is 16.3. The fraction of sp³-hybridized carbons (Fsp3) is 0.515. The van der Waals surface area contributed by atoms with Gasteiger partial charge < -0.3 is 26.4 Å². The second-order valence-corrected chi connectivity index (χ2v) is 11.8. The van der Waals surface area contributed by atoms with Crippen molar-refractivity contribution < 1.29 is 24.3 Å². The first kappa shape index (κ1) is 32.2. The normalized spacial score (nSPS) is 21.7. The monoisotopic (exact) mass is 591 g/mol. The molecule has 43 heavy (non-hydrogen) atoms. The molecule has 232 valence electrons. The van der Waals surface area contributed by atoms with Crippen LogP contribution in [0.25, 0.3) is 0 Å². The Kier molecular flexibility index (Phi) is 11.7. The SMILES string of the molecule is Cc1ccc(CCC(=O)NC2CCCCC3CCC(C(O)NC(CCC(N)=O)C(=O)NCc4ccccc4)N3C2=O)cc1. The summed E-state index contributed by atoms with van der Waals surface area (Å²) < 4.78 is 0. The molecule has 6 N–H and O–H groups in total. The molecule has 2 aromatic carbocycles. The molecule has 0 radical (unpaired) electrons. The van der Waals surface area contributed by atoms with Gasteiger partial charge in [0.15, 0.2) is 0 Å². The van der Waals surface area contributed by atoms with Crippen molar-refractivity contribution in [1.29, 1.82) is 0 Å². The molecule has 0 saturated carbocycles. The van der Waals surface area contributed by atoms with Gasteiger partial charge >= 0.3 is 0 Å². The fourth-order valence-corrected chi connectivity index (χ4v) is 6.10. The molecule has 0 aliphatic carbocycles. The molecule has 2 heterocycles. The van der Waals surface area contributed by atoms with Gasteiger partial charge in [-0.15, -0.1) is 0 Å². The van der Waals surface area contributed by atoms with E-state index in [1.54, 1.807) is 4.90 Å². The molecule has 5 unspecified atom stereocenters. The summed E-state index contributed by atoms with van der Waals surface area (Å²) in [7, 11) is 0. The van der Waals surface area contributed by atoms with Crippen molar-refractivity contribution in [3.05, 3.63) is 71.3 Å². The lowest BCUT2D eigenvalue weighted by Gasteiger charge is -2.38. The van der Waals surface area contributed by atoms with E-state index in [1.165, 1.54) is 0 Å². The van der Waals surface area contributed by atoms with Crippen molar-refractivity contribution in [3.63, 3.8) is 0 Å². The third kappa shape index (κ3) is 9.36. The highest BCUT2D eigenvalue weighted by molar-refractivity contribution is 5.88. The zero-order valence-electron chi connectivity index (χ0n) is 25.0. The lowest BCUT2D eigenvalue weighted by Crippen LogP contribution is -2.60. The maximum absolute atomic E-state index is 13.9. The van der Waals surface area contributed by atoms with Crippen LogP contribution in [0.5, 0.6) is 0 Å². The summed E-state index contributed by atoms with van der Waals surface area (Å²) in [6.45, 7) is 2.32. The van der Waals surface area contributed by atoms with Crippen LogP contribution in [0.3, 0.4) is 0 Å². The van der Waals surface area contributed by atoms with E-state index < -0.39 is 30.3 Å². The first-order valence-corrected chi connectivity index (χ1v) is 15.4. The highest BCUT2D eigenvalue weighted by Gasteiger charge is 2.44. The number of fused-ring (bicyclic) bond motifs is 1. The van der Waals surface area contributed by atoms with Gasteiger partial charge in [-0.05, 0) is 56.6 Å². The number of carbonyl (C=O) groups excluding carboxylic acids is 4. The molecule has 2 saturated heterocycles. The molecule has 5 atom stereocenters. The molecular weight excluding hydrogens is 546 g/mol. The van der Waals surface area contributed by atoms with Crippen molar-refractivity contribution in [1.82, 2.24) is 20.9 Å². The van der Waals surface area contributed by atoms with Gasteiger partial charge in [0.05, 0.1) is 12.1 Å². The lowest BCUT2D eigenvalue weighted by molar-refractivity contribution is -0.143. The van der Waals surface area contributed by atoms with E-state index in [0.29, 0.717) is 25.8 Å². The lowest BCUT2D eigenvalue weighted by atomic mass is 9.98. The van der Waals surface area contributed by atoms with Gasteiger partial charge in [-0.2, -0.15) is 0 Å². The fourth-order valence-electron chi connectivity index (χ4n) is 6.10. The Morgan fingerprint density at radius 2 is 1.67 bits per heavy atom. The molecule has 2 aliphatic rings. The molecule has 2 fully saturated rings. The Morgan fingerprint density at radius 1 is 0.953 bits per heavy atom. The van der Waals surface area contributed by atoms with Gasteiger partial charge in [0, 0.05) is 25.4 Å². The van der Waals surface area contributed by atoms with Crippen LogP contribution in [0.1, 0.15) is 74.5 Å². The summed E-state index contributed by atoms with van der Waals surface area (Å²) in [5.41, 5.74) is 8.51. The first-order valence-electron chi connectivity index (χ1n) is 15.4. The Morgan fingerprint density at radius 3 is 2.40 bits per heavy atom. The quantitative estimate of drug-likeness (QED) is 0.225. The van der Waals surface area contributed by atoms with E-state index in [0.717, 1.165) is 42.4 Å². The molecule has 2 aromatic rings. The predicted molar refractivity (Wildman–Crippen MR) is 163 cm³/mol. The molecular formula is C33H45N5O5. The Bertz CT molecular complexity index is 1240. The second kappa shape index (κ2) is 15.6. The van der Waals surface area contributed by atoms with Gasteiger partial charge in [-0.3, -0.25) is 24.5 Å². The van der Waals surface area contributed by atoms with Crippen molar-refractivity contribution >= 4 is 23.6 Å². The number of benzene rings is 2. The average molecular weight is 592 g/mol. The number of primary amides is 1. The van der Waals surface area contributed by atoms with E-state index in [-0.39, 0.29) is 43.0 Å². The third-order valence-corrected chi connectivity index (χ3v) is 8.52. The summed E-state index contributed by atoms with van der Waals surface area (Å²) in [6.07, 6.45) is 4.16. The molecule has 0 bridgehead atoms. The number of carbonyl (C=O) groups is 4. The number of hydrogen-bond acceptors (Lipinski definition) is 6. The number of nitrogens with one attached hydrogen (secondary N) is 3. The zero-order valence-corrected chi connectivity index (χ0v) is 25.0. The van der Waals surface area contributed by atoms with Gasteiger partial charge in [-0.1, -0.05) is 73.0 Å². The van der Waals surface area contributed by atoms with Gasteiger partial charge in [0.2, 0.25) is 23.6 Å². The van der Waals surface area contributed by atoms with E-state index >= 15 is 0 Å². The number of aliphatic hydroxyl groups is 1. The van der Waals surface area contributed by atoms with E-state index in [9.17, 15) is 24.3 Å². The van der Waals surface area contributed by atoms with Crippen LogP contribution >= 0.6 is 0 Å². The third-order valence-electron chi connectivity index (χ3n) is 8.52. The molecule has 2 aliphatic heterocycles. The van der Waals surface area contributed by atoms with Crippen LogP contribution < -0.4 is 21.7 Å². The number of aliphatic hydroxyl groups excluding tert-OH is 1. The Balaban J connectivity index is 1.39. The average Bonchev–Trinajstić information content (AvgIpc) is 3.42. The van der Waals surface area contributed by atoms with Crippen molar-refractivity contribution in [2.75, 3.05) is 0 Å². The molecule has 10 heteroatoms. The van der Waals surface area contributed by atoms with Gasteiger partial charge in [-0.25, -0.2) is 0 Å². The van der Waals surface area contributed by atoms with Crippen molar-refractivity contribution in [2.45, 2.75) is 108 Å². The topological polar surface area (TPSA) is 154 Å². The van der Waals surface area contributed by atoms with E-state index in [2.05, 4.69) is 16.0 Å². The maximum Gasteiger partial charge on any atom is 0.245 e. The summed E-state index contributed by atoms with van der Waals surface area (Å²) in [4.78, 5) is 53.1. The van der Waals surface area contributed by atoms with Crippen LogP contribution in [0.15, 0.2) is 54.6 Å². The van der Waals surface area contributed by atoms with Crippen LogP contribution in [-0.2, 0) is 32.1 Å². The van der Waals surface area contributed by atoms with Crippen LogP contribution in [-0.4, -0.2) is 64.0 Å². The van der Waals surface area contributed by atoms with Gasteiger partial charge in [0.1, 0.15) is 12.3 Å². The number of aryl methyl sites for hydroxylation is 2. The Hall–Kier alpha value is -3.76. The number of amides is 4. The number of rotatable bonds is 13. The summed E-state index contributed by atoms with van der Waals surface area (Å²) >= 11 is 0. The van der Waals surface area contributed by atoms with Crippen LogP contribution in [0.2, 0.25) is 0 Å². The minimum atomic E-state index is -1.20. The predicted octanol–water partition coefficient (Wildman–Crippen LogP) is 2.20. The van der Waals surface area contributed by atoms with Gasteiger partial charge in [0.25, 0.3) is 0 Å². The van der Waals surface area contributed by atoms with Crippen molar-refractivity contribution in [2.24, 2.45) is 5.73 Å². The molecule has 4 amide bonds. The number of hydrogen-bond donors (Lipinski definition) is 5. The first-order chi connectivity index (χ1) is 20.7. The molecule has 10 nitrogen and oxygen atoms in total. The minimum absolute atomic E-state index is 0.0320. The van der Waals surface area contributed by atoms with E-state index in [4.69, 9.17) is 5.73 Å². The van der Waals surface area contributed by atoms with Crippen LogP contribution in [0, 0.1) is 6.92 Å². The molecule has 0 spiro atoms. The minimum Gasteiger partial charge on any atom is -0.376 e. The highest BCUT2D eigenvalue weighted by Crippen LogP contribution is 2.32.